The Morgan fingerprint density at radius 3 is 1.98 bits per heavy atom. The van der Waals surface area contributed by atoms with Crippen LogP contribution in [0.5, 0.6) is 11.5 Å². The number of methoxy groups -OCH3 is 1. The van der Waals surface area contributed by atoms with Crippen LogP contribution in [-0.2, 0) is 36.6 Å². The summed E-state index contributed by atoms with van der Waals surface area (Å²) in [5.41, 5.74) is 1.90. The molecule has 2 aromatic rings. The van der Waals surface area contributed by atoms with Crippen LogP contribution in [0.1, 0.15) is 52.7 Å². The van der Waals surface area contributed by atoms with Crippen molar-refractivity contribution in [3.05, 3.63) is 53.6 Å². The molecule has 0 heterocycles. The highest BCUT2D eigenvalue weighted by Gasteiger charge is 2.19. The second-order valence-electron chi connectivity index (χ2n) is 9.83. The first-order chi connectivity index (χ1) is 19.3. The number of nitrogens with one attached hydrogen (secondary N) is 1. The lowest BCUT2D eigenvalue weighted by Gasteiger charge is -2.19. The van der Waals surface area contributed by atoms with Crippen molar-refractivity contribution in [3.63, 3.8) is 0 Å². The van der Waals surface area contributed by atoms with Gasteiger partial charge in [0, 0.05) is 31.7 Å². The zero-order valence-corrected chi connectivity index (χ0v) is 24.9. The number of rotatable bonds is 14. The van der Waals surface area contributed by atoms with E-state index in [0.29, 0.717) is 43.4 Å². The number of hydrogen-bond donors (Lipinski definition) is 3. The molecular formula is C30H43NO10. The Morgan fingerprint density at radius 2 is 1.49 bits per heavy atom. The highest BCUT2D eigenvalue weighted by atomic mass is 16.6. The first-order valence-electron chi connectivity index (χ1n) is 13.4. The van der Waals surface area contributed by atoms with E-state index in [-0.39, 0.29) is 6.42 Å². The number of carbonyl (C=O) groups is 3. The van der Waals surface area contributed by atoms with Crippen molar-refractivity contribution in [2.24, 2.45) is 0 Å². The van der Waals surface area contributed by atoms with E-state index in [1.165, 1.54) is 6.92 Å². The van der Waals surface area contributed by atoms with Crippen molar-refractivity contribution in [2.45, 2.75) is 72.2 Å². The summed E-state index contributed by atoms with van der Waals surface area (Å²) in [7, 11) is 1.55. The predicted molar refractivity (Wildman–Crippen MR) is 154 cm³/mol. The first kappa shape index (κ1) is 35.2. The van der Waals surface area contributed by atoms with Gasteiger partial charge in [-0.25, -0.2) is 14.4 Å². The van der Waals surface area contributed by atoms with Gasteiger partial charge in [0.25, 0.3) is 0 Å². The zero-order chi connectivity index (χ0) is 31.0. The minimum atomic E-state index is -1.00. The number of carboxylic acids is 2. The molecule has 2 atom stereocenters. The Morgan fingerprint density at radius 1 is 0.878 bits per heavy atom. The molecular weight excluding hydrogens is 534 g/mol. The fraction of sp³-hybridized carbons (Fsp3) is 0.500. The molecule has 0 aliphatic heterocycles. The van der Waals surface area contributed by atoms with Gasteiger partial charge in [0.2, 0.25) is 0 Å². The Balaban J connectivity index is 0.000000915. The summed E-state index contributed by atoms with van der Waals surface area (Å²) in [6.07, 6.45) is -1.21. The lowest BCUT2D eigenvalue weighted by molar-refractivity contribution is -0.150. The van der Waals surface area contributed by atoms with E-state index in [1.54, 1.807) is 51.3 Å². The van der Waals surface area contributed by atoms with Crippen molar-refractivity contribution in [2.75, 3.05) is 32.2 Å². The van der Waals surface area contributed by atoms with Gasteiger partial charge in [-0.05, 0) is 76.9 Å². The molecule has 0 saturated carbocycles. The van der Waals surface area contributed by atoms with Crippen LogP contribution in [0.15, 0.2) is 42.5 Å². The number of hydrogen-bond acceptors (Lipinski definition) is 8. The molecule has 0 saturated heterocycles. The minimum Gasteiger partial charge on any atom is -0.493 e. The van der Waals surface area contributed by atoms with Crippen LogP contribution >= 0.6 is 0 Å². The second kappa shape index (κ2) is 17.8. The van der Waals surface area contributed by atoms with Gasteiger partial charge in [-0.15, -0.1) is 0 Å². The Labute approximate surface area is 241 Å². The number of carboxylic acid groups (broad SMARTS) is 2. The van der Waals surface area contributed by atoms with Gasteiger partial charge < -0.3 is 33.9 Å². The second-order valence-corrected chi connectivity index (χ2v) is 9.83. The third-order valence-corrected chi connectivity index (χ3v) is 5.30. The van der Waals surface area contributed by atoms with Crippen LogP contribution < -0.4 is 14.8 Å². The molecule has 0 spiro atoms. The normalized spacial score (nSPS) is 12.3. The molecule has 0 aromatic heterocycles. The third-order valence-electron chi connectivity index (χ3n) is 5.30. The Bertz CT molecular complexity index is 1100. The first-order valence-corrected chi connectivity index (χ1v) is 13.4. The van der Waals surface area contributed by atoms with Gasteiger partial charge >= 0.3 is 18.0 Å². The summed E-state index contributed by atoms with van der Waals surface area (Å²) in [6, 6.07) is 12.8. The van der Waals surface area contributed by atoms with E-state index < -0.39 is 35.8 Å². The topological polar surface area (TPSA) is 150 Å². The number of ether oxygens (including phenoxy) is 5. The smallest absolute Gasteiger partial charge is 0.412 e. The lowest BCUT2D eigenvalue weighted by atomic mass is 10.1. The van der Waals surface area contributed by atoms with Crippen LogP contribution in [0.2, 0.25) is 0 Å². The van der Waals surface area contributed by atoms with E-state index in [0.717, 1.165) is 11.1 Å². The highest BCUT2D eigenvalue weighted by molar-refractivity contribution is 5.84. The molecule has 2 rings (SSSR count). The maximum atomic E-state index is 11.9. The number of carbonyl (C=O) groups excluding carboxylic acids is 1. The van der Waals surface area contributed by atoms with E-state index in [9.17, 15) is 19.5 Å². The van der Waals surface area contributed by atoms with E-state index in [4.69, 9.17) is 28.8 Å². The quantitative estimate of drug-likeness (QED) is 0.274. The standard InChI is InChI=1S/C25H33NO7.C5H10O3/c1-6-31-22(23(27)28)16-18-9-12-20(30-5)21(15-18)32-14-13-17-7-10-19(11-8-17)26-24(29)33-25(2,3)4;1-3-8-4(2)5(6)7/h7-12,15,22H,6,13-14,16H2,1-5H3,(H,26,29)(H,27,28);4H,3H2,1-2H3,(H,6,7). The summed E-state index contributed by atoms with van der Waals surface area (Å²) in [6.45, 7) is 11.6. The van der Waals surface area contributed by atoms with Crippen LogP contribution in [-0.4, -0.2) is 73.0 Å². The van der Waals surface area contributed by atoms with Crippen molar-refractivity contribution >= 4 is 23.7 Å². The van der Waals surface area contributed by atoms with E-state index in [1.807, 2.05) is 32.9 Å². The molecule has 3 N–H and O–H groups in total. The van der Waals surface area contributed by atoms with Crippen LogP contribution in [0.4, 0.5) is 10.5 Å². The molecule has 0 radical (unpaired) electrons. The molecule has 11 heteroatoms. The molecule has 2 aromatic carbocycles. The summed E-state index contributed by atoms with van der Waals surface area (Å²) in [5.74, 6) is -0.801. The maximum Gasteiger partial charge on any atom is 0.412 e. The zero-order valence-electron chi connectivity index (χ0n) is 24.9. The number of anilines is 1. The highest BCUT2D eigenvalue weighted by Crippen LogP contribution is 2.29. The molecule has 41 heavy (non-hydrogen) atoms. The lowest BCUT2D eigenvalue weighted by Crippen LogP contribution is -2.27. The minimum absolute atomic E-state index is 0.232. The molecule has 1 amide bonds. The largest absolute Gasteiger partial charge is 0.493 e. The van der Waals surface area contributed by atoms with Gasteiger partial charge in [-0.2, -0.15) is 0 Å². The summed E-state index contributed by atoms with van der Waals surface area (Å²) in [5, 5.41) is 20.2. The molecule has 0 fully saturated rings. The van der Waals surface area contributed by atoms with E-state index >= 15 is 0 Å². The average molecular weight is 578 g/mol. The monoisotopic (exact) mass is 577 g/mol. The van der Waals surface area contributed by atoms with Crippen LogP contribution in [0.3, 0.4) is 0 Å². The molecule has 0 bridgehead atoms. The molecule has 2 unspecified atom stereocenters. The Hall–Kier alpha value is -3.83. The average Bonchev–Trinajstić information content (AvgIpc) is 2.89. The molecule has 0 aliphatic rings. The molecule has 0 aliphatic carbocycles. The van der Waals surface area contributed by atoms with Crippen molar-refractivity contribution in [1.29, 1.82) is 0 Å². The molecule has 228 valence electrons. The fourth-order valence-electron chi connectivity index (χ4n) is 3.37. The summed E-state index contributed by atoms with van der Waals surface area (Å²) >= 11 is 0. The van der Waals surface area contributed by atoms with Gasteiger partial charge in [-0.3, -0.25) is 5.32 Å². The van der Waals surface area contributed by atoms with Crippen LogP contribution in [0.25, 0.3) is 0 Å². The Kier molecular flexibility index (Phi) is 15.3. The van der Waals surface area contributed by atoms with Crippen LogP contribution in [0, 0.1) is 0 Å². The third kappa shape index (κ3) is 14.4. The number of benzene rings is 2. The van der Waals surface area contributed by atoms with Crippen molar-refractivity contribution in [1.82, 2.24) is 0 Å². The van der Waals surface area contributed by atoms with Gasteiger partial charge in [-0.1, -0.05) is 18.2 Å². The fourth-order valence-corrected chi connectivity index (χ4v) is 3.37. The van der Waals surface area contributed by atoms with Gasteiger partial charge in [0.1, 0.15) is 5.60 Å². The number of amides is 1. The predicted octanol–water partition coefficient (Wildman–Crippen LogP) is 5.19. The number of aliphatic carboxylic acids is 2. The van der Waals surface area contributed by atoms with Crippen molar-refractivity contribution in [3.8, 4) is 11.5 Å². The van der Waals surface area contributed by atoms with E-state index in [2.05, 4.69) is 5.32 Å². The maximum absolute atomic E-state index is 11.9. The summed E-state index contributed by atoms with van der Waals surface area (Å²) in [4.78, 5) is 33.2. The summed E-state index contributed by atoms with van der Waals surface area (Å²) < 4.78 is 26.5. The molecule has 11 nitrogen and oxygen atoms in total. The van der Waals surface area contributed by atoms with Crippen molar-refractivity contribution < 1.29 is 48.3 Å². The van der Waals surface area contributed by atoms with Gasteiger partial charge in [0.05, 0.1) is 13.7 Å². The van der Waals surface area contributed by atoms with Gasteiger partial charge in [0.15, 0.2) is 23.7 Å². The SMILES string of the molecule is CCOC(C)C(=O)O.CCOC(Cc1ccc(OC)c(OCCc2ccc(NC(=O)OC(C)(C)C)cc2)c1)C(=O)O.